The second-order valence-corrected chi connectivity index (χ2v) is 10.0. The van der Waals surface area contributed by atoms with Crippen LogP contribution < -0.4 is 0 Å². The lowest BCUT2D eigenvalue weighted by molar-refractivity contribution is 0.0527. The van der Waals surface area contributed by atoms with Gasteiger partial charge in [0.15, 0.2) is 0 Å². The molecule has 1 heterocycles. The van der Waals surface area contributed by atoms with Gasteiger partial charge in [-0.25, -0.2) is 8.42 Å². The second kappa shape index (κ2) is 10.9. The zero-order valence-corrected chi connectivity index (χ0v) is 19.5. The van der Waals surface area contributed by atoms with Gasteiger partial charge in [-0.05, 0) is 28.8 Å². The molecular formula is C27H30N2O3S. The molecule has 0 amide bonds. The predicted octanol–water partition coefficient (Wildman–Crippen LogP) is 4.44. The number of hydrogen-bond donors (Lipinski definition) is 0. The van der Waals surface area contributed by atoms with E-state index in [-0.39, 0.29) is 6.10 Å². The summed E-state index contributed by atoms with van der Waals surface area (Å²) in [5, 5.41) is 0. The van der Waals surface area contributed by atoms with E-state index in [1.165, 1.54) is 0 Å². The standard InChI is InChI=1S/C27H30N2O3S/c1-2-23-13-15-26(16-14-23)33(30,31)29-19-17-28(18-20-29)21-22-32-27(24-9-5-3-6-10-24)25-11-7-4-8-12-25/h2-16,27H,1,17-22H2. The molecule has 0 spiro atoms. The summed E-state index contributed by atoms with van der Waals surface area (Å²) in [6.45, 7) is 7.39. The molecule has 1 saturated heterocycles. The first-order valence-corrected chi connectivity index (χ1v) is 12.7. The van der Waals surface area contributed by atoms with Crippen molar-refractivity contribution in [3.05, 3.63) is 108 Å². The number of benzene rings is 3. The molecule has 0 bridgehead atoms. The minimum atomic E-state index is -3.48. The molecular weight excluding hydrogens is 432 g/mol. The second-order valence-electron chi connectivity index (χ2n) is 8.09. The molecule has 0 unspecified atom stereocenters. The van der Waals surface area contributed by atoms with Crippen LogP contribution in [0.1, 0.15) is 22.8 Å². The van der Waals surface area contributed by atoms with Crippen LogP contribution in [0.5, 0.6) is 0 Å². The molecule has 3 aromatic carbocycles. The van der Waals surface area contributed by atoms with Crippen molar-refractivity contribution in [2.75, 3.05) is 39.3 Å². The van der Waals surface area contributed by atoms with Gasteiger partial charge in [0.1, 0.15) is 6.10 Å². The summed E-state index contributed by atoms with van der Waals surface area (Å²) >= 11 is 0. The fourth-order valence-corrected chi connectivity index (χ4v) is 5.48. The average molecular weight is 463 g/mol. The van der Waals surface area contributed by atoms with Gasteiger partial charge < -0.3 is 4.74 Å². The van der Waals surface area contributed by atoms with E-state index in [1.807, 2.05) is 36.4 Å². The summed E-state index contributed by atoms with van der Waals surface area (Å²) in [7, 11) is -3.48. The normalized spacial score (nSPS) is 15.5. The Morgan fingerprint density at radius 2 is 1.36 bits per heavy atom. The molecule has 0 atom stereocenters. The van der Waals surface area contributed by atoms with Gasteiger partial charge in [0.25, 0.3) is 0 Å². The molecule has 172 valence electrons. The molecule has 0 aromatic heterocycles. The summed E-state index contributed by atoms with van der Waals surface area (Å²) in [5.74, 6) is 0. The maximum absolute atomic E-state index is 13.0. The van der Waals surface area contributed by atoms with Crippen LogP contribution in [0.25, 0.3) is 6.08 Å². The lowest BCUT2D eigenvalue weighted by Crippen LogP contribution is -2.49. The molecule has 0 saturated carbocycles. The topological polar surface area (TPSA) is 49.9 Å². The Labute approximate surface area is 197 Å². The Morgan fingerprint density at radius 1 is 0.818 bits per heavy atom. The van der Waals surface area contributed by atoms with E-state index in [0.717, 1.165) is 23.2 Å². The van der Waals surface area contributed by atoms with Crippen molar-refractivity contribution in [2.24, 2.45) is 0 Å². The van der Waals surface area contributed by atoms with Crippen LogP contribution in [0.4, 0.5) is 0 Å². The molecule has 1 aliphatic rings. The van der Waals surface area contributed by atoms with Crippen LogP contribution in [-0.4, -0.2) is 57.0 Å². The summed E-state index contributed by atoms with van der Waals surface area (Å²) in [6, 6.07) is 27.3. The van der Waals surface area contributed by atoms with E-state index in [4.69, 9.17) is 4.74 Å². The van der Waals surface area contributed by atoms with Gasteiger partial charge in [0.05, 0.1) is 11.5 Å². The molecule has 4 rings (SSSR count). The number of rotatable bonds is 9. The van der Waals surface area contributed by atoms with Gasteiger partial charge in [-0.3, -0.25) is 4.90 Å². The zero-order chi connectivity index (χ0) is 23.1. The summed E-state index contributed by atoms with van der Waals surface area (Å²) in [4.78, 5) is 2.60. The smallest absolute Gasteiger partial charge is 0.243 e. The third-order valence-electron chi connectivity index (χ3n) is 5.98. The summed E-state index contributed by atoms with van der Waals surface area (Å²) in [5.41, 5.74) is 3.16. The Hall–Kier alpha value is -2.77. The first-order valence-electron chi connectivity index (χ1n) is 11.2. The Morgan fingerprint density at radius 3 is 1.88 bits per heavy atom. The quantitative estimate of drug-likeness (QED) is 0.472. The molecule has 0 N–H and O–H groups in total. The highest BCUT2D eigenvalue weighted by Gasteiger charge is 2.28. The van der Waals surface area contributed by atoms with Gasteiger partial charge in [-0.2, -0.15) is 4.31 Å². The number of sulfonamides is 1. The third kappa shape index (κ3) is 5.78. The van der Waals surface area contributed by atoms with Crippen LogP contribution in [0.15, 0.2) is 96.4 Å². The van der Waals surface area contributed by atoms with Crippen molar-refractivity contribution in [1.82, 2.24) is 9.21 Å². The zero-order valence-electron chi connectivity index (χ0n) is 18.7. The Bertz CT molecular complexity index is 1090. The highest BCUT2D eigenvalue weighted by atomic mass is 32.2. The lowest BCUT2D eigenvalue weighted by atomic mass is 10.0. The summed E-state index contributed by atoms with van der Waals surface area (Å²) < 4.78 is 33.8. The highest BCUT2D eigenvalue weighted by Crippen LogP contribution is 2.26. The molecule has 1 aliphatic heterocycles. The largest absolute Gasteiger partial charge is 0.367 e. The van der Waals surface area contributed by atoms with Crippen molar-refractivity contribution in [1.29, 1.82) is 0 Å². The van der Waals surface area contributed by atoms with Gasteiger partial charge in [0, 0.05) is 32.7 Å². The van der Waals surface area contributed by atoms with E-state index >= 15 is 0 Å². The highest BCUT2D eigenvalue weighted by molar-refractivity contribution is 7.89. The van der Waals surface area contributed by atoms with E-state index in [2.05, 4.69) is 35.7 Å². The van der Waals surface area contributed by atoms with Gasteiger partial charge in [-0.15, -0.1) is 0 Å². The van der Waals surface area contributed by atoms with Crippen molar-refractivity contribution < 1.29 is 13.2 Å². The van der Waals surface area contributed by atoms with E-state index in [0.29, 0.717) is 37.7 Å². The third-order valence-corrected chi connectivity index (χ3v) is 7.89. The number of nitrogens with zero attached hydrogens (tertiary/aromatic N) is 2. The number of ether oxygens (including phenoxy) is 1. The first-order chi connectivity index (χ1) is 16.1. The summed E-state index contributed by atoms with van der Waals surface area (Å²) in [6.07, 6.45) is 1.59. The molecule has 1 fully saturated rings. The van der Waals surface area contributed by atoms with E-state index in [1.54, 1.807) is 34.6 Å². The van der Waals surface area contributed by atoms with Crippen LogP contribution in [0.3, 0.4) is 0 Å². The molecule has 5 nitrogen and oxygen atoms in total. The number of piperazine rings is 1. The maximum atomic E-state index is 13.0. The Balaban J connectivity index is 1.32. The van der Waals surface area contributed by atoms with Crippen LogP contribution in [0.2, 0.25) is 0 Å². The molecule has 33 heavy (non-hydrogen) atoms. The molecule has 0 aliphatic carbocycles. The Kier molecular flexibility index (Phi) is 7.73. The minimum absolute atomic E-state index is 0.118. The van der Waals surface area contributed by atoms with Crippen LogP contribution in [0, 0.1) is 0 Å². The fraction of sp³-hybridized carbons (Fsp3) is 0.259. The monoisotopic (exact) mass is 462 g/mol. The van der Waals surface area contributed by atoms with Gasteiger partial charge in [0.2, 0.25) is 10.0 Å². The van der Waals surface area contributed by atoms with Crippen molar-refractivity contribution in [3.8, 4) is 0 Å². The predicted molar refractivity (Wildman–Crippen MR) is 132 cm³/mol. The molecule has 6 heteroatoms. The molecule has 3 aromatic rings. The van der Waals surface area contributed by atoms with Crippen molar-refractivity contribution in [2.45, 2.75) is 11.0 Å². The average Bonchev–Trinajstić information content (AvgIpc) is 2.88. The van der Waals surface area contributed by atoms with E-state index in [9.17, 15) is 8.42 Å². The van der Waals surface area contributed by atoms with Gasteiger partial charge >= 0.3 is 0 Å². The lowest BCUT2D eigenvalue weighted by Gasteiger charge is -2.34. The fourth-order valence-electron chi connectivity index (χ4n) is 4.06. The van der Waals surface area contributed by atoms with Gasteiger partial charge in [-0.1, -0.05) is 85.5 Å². The SMILES string of the molecule is C=Cc1ccc(S(=O)(=O)N2CCN(CCOC(c3ccccc3)c3ccccc3)CC2)cc1. The minimum Gasteiger partial charge on any atom is -0.367 e. The van der Waals surface area contributed by atoms with Crippen LogP contribution >= 0.6 is 0 Å². The maximum Gasteiger partial charge on any atom is 0.243 e. The van der Waals surface area contributed by atoms with E-state index < -0.39 is 10.0 Å². The van der Waals surface area contributed by atoms with Crippen molar-refractivity contribution in [3.63, 3.8) is 0 Å². The number of hydrogen-bond acceptors (Lipinski definition) is 4. The molecule has 0 radical (unpaired) electrons. The van der Waals surface area contributed by atoms with Crippen molar-refractivity contribution >= 4 is 16.1 Å². The first kappa shape index (κ1) is 23.4. The van der Waals surface area contributed by atoms with Crippen LogP contribution in [-0.2, 0) is 14.8 Å².